The Bertz CT molecular complexity index is 1120. The summed E-state index contributed by atoms with van der Waals surface area (Å²) in [6, 6.07) is 22.4. The molecule has 3 aromatic carbocycles. The summed E-state index contributed by atoms with van der Waals surface area (Å²) in [5.41, 5.74) is 3.58. The number of nitrogens with zero attached hydrogens (tertiary/aromatic N) is 1. The van der Waals surface area contributed by atoms with Gasteiger partial charge in [-0.1, -0.05) is 31.2 Å². The van der Waals surface area contributed by atoms with Gasteiger partial charge in [0.2, 0.25) is 11.8 Å². The molecule has 0 bridgehead atoms. The van der Waals surface area contributed by atoms with Crippen LogP contribution in [-0.4, -0.2) is 26.0 Å². The molecule has 6 nitrogen and oxygen atoms in total. The number of piperidine rings is 1. The van der Waals surface area contributed by atoms with E-state index in [2.05, 4.69) is 12.2 Å². The third kappa shape index (κ3) is 4.91. The normalized spacial score (nSPS) is 17.9. The van der Waals surface area contributed by atoms with E-state index in [9.17, 15) is 9.59 Å². The quantitative estimate of drug-likeness (QED) is 0.516. The molecular formula is C28H30N2O4. The zero-order chi connectivity index (χ0) is 24.1. The number of amides is 2. The van der Waals surface area contributed by atoms with Gasteiger partial charge >= 0.3 is 0 Å². The van der Waals surface area contributed by atoms with Crippen molar-refractivity contribution in [3.63, 3.8) is 0 Å². The maximum Gasteiger partial charge on any atom is 0.229 e. The highest BCUT2D eigenvalue weighted by atomic mass is 16.5. The van der Waals surface area contributed by atoms with Gasteiger partial charge in [0.1, 0.15) is 11.5 Å². The minimum absolute atomic E-state index is 0.0117. The van der Waals surface area contributed by atoms with E-state index in [0.29, 0.717) is 18.6 Å². The van der Waals surface area contributed by atoms with Gasteiger partial charge in [0.05, 0.1) is 26.2 Å². The third-order valence-corrected chi connectivity index (χ3v) is 6.37. The van der Waals surface area contributed by atoms with Crippen LogP contribution >= 0.6 is 0 Å². The van der Waals surface area contributed by atoms with Crippen LogP contribution in [0.2, 0.25) is 0 Å². The molecule has 176 valence electrons. The number of methoxy groups -OCH3 is 2. The number of hydrogen-bond donors (Lipinski definition) is 1. The maximum absolute atomic E-state index is 13.5. The van der Waals surface area contributed by atoms with Crippen molar-refractivity contribution in [1.29, 1.82) is 0 Å². The fraction of sp³-hybridized carbons (Fsp3) is 0.286. The van der Waals surface area contributed by atoms with Crippen LogP contribution in [0.5, 0.6) is 11.5 Å². The van der Waals surface area contributed by atoms with Gasteiger partial charge in [0.15, 0.2) is 0 Å². The van der Waals surface area contributed by atoms with Crippen LogP contribution in [0.1, 0.15) is 36.9 Å². The highest BCUT2D eigenvalue weighted by Gasteiger charge is 2.41. The molecule has 2 amide bonds. The summed E-state index contributed by atoms with van der Waals surface area (Å²) < 4.78 is 10.6. The molecule has 0 spiro atoms. The third-order valence-electron chi connectivity index (χ3n) is 6.37. The Balaban J connectivity index is 1.70. The number of hydrogen-bond acceptors (Lipinski definition) is 4. The molecule has 34 heavy (non-hydrogen) atoms. The van der Waals surface area contributed by atoms with Crippen LogP contribution < -0.4 is 19.7 Å². The molecule has 0 aromatic heterocycles. The first-order valence-electron chi connectivity index (χ1n) is 11.5. The summed E-state index contributed by atoms with van der Waals surface area (Å²) in [7, 11) is 3.22. The van der Waals surface area contributed by atoms with Crippen molar-refractivity contribution in [1.82, 2.24) is 0 Å². The number of carbonyl (C=O) groups excluding carboxylic acids is 2. The summed E-state index contributed by atoms with van der Waals surface area (Å²) in [6.45, 7) is 2.10. The van der Waals surface area contributed by atoms with Crippen LogP contribution in [0.15, 0.2) is 72.8 Å². The fourth-order valence-electron chi connectivity index (χ4n) is 4.46. The summed E-state index contributed by atoms with van der Waals surface area (Å²) >= 11 is 0. The van der Waals surface area contributed by atoms with Crippen molar-refractivity contribution in [2.75, 3.05) is 24.4 Å². The van der Waals surface area contributed by atoms with E-state index in [-0.39, 0.29) is 11.8 Å². The van der Waals surface area contributed by atoms with Crippen molar-refractivity contribution in [2.45, 2.75) is 32.2 Å². The lowest BCUT2D eigenvalue weighted by molar-refractivity contribution is -0.125. The maximum atomic E-state index is 13.5. The Morgan fingerprint density at radius 1 is 0.912 bits per heavy atom. The average molecular weight is 459 g/mol. The van der Waals surface area contributed by atoms with Crippen molar-refractivity contribution >= 4 is 23.2 Å². The topological polar surface area (TPSA) is 67.9 Å². The van der Waals surface area contributed by atoms with E-state index in [1.807, 2.05) is 72.8 Å². The molecule has 0 unspecified atom stereocenters. The molecule has 1 saturated heterocycles. The van der Waals surface area contributed by atoms with E-state index in [0.717, 1.165) is 29.1 Å². The van der Waals surface area contributed by atoms with Gasteiger partial charge in [-0.2, -0.15) is 0 Å². The van der Waals surface area contributed by atoms with Crippen molar-refractivity contribution in [3.05, 3.63) is 83.9 Å². The Morgan fingerprint density at radius 3 is 2.06 bits per heavy atom. The van der Waals surface area contributed by atoms with Crippen molar-refractivity contribution in [3.8, 4) is 11.5 Å². The lowest BCUT2D eigenvalue weighted by Crippen LogP contribution is -2.46. The lowest BCUT2D eigenvalue weighted by atomic mass is 9.83. The van der Waals surface area contributed by atoms with E-state index in [4.69, 9.17) is 9.47 Å². The standard InChI is InChI=1S/C28H30N2O4/c1-4-19-5-9-21(10-6-19)29-28(32)25-17-18-26(31)30(22-11-15-24(34-3)16-12-22)27(25)20-7-13-23(33-2)14-8-20/h5-16,25,27H,4,17-18H2,1-3H3,(H,29,32)/t25-,27-/m0/s1. The summed E-state index contributed by atoms with van der Waals surface area (Å²) in [5, 5.41) is 3.07. The predicted octanol–water partition coefficient (Wildman–Crippen LogP) is 5.39. The van der Waals surface area contributed by atoms with Gasteiger partial charge < -0.3 is 19.7 Å². The van der Waals surface area contributed by atoms with Crippen molar-refractivity contribution in [2.24, 2.45) is 5.92 Å². The highest BCUT2D eigenvalue weighted by Crippen LogP contribution is 2.41. The zero-order valence-corrected chi connectivity index (χ0v) is 19.8. The lowest BCUT2D eigenvalue weighted by Gasteiger charge is -2.41. The Labute approximate surface area is 200 Å². The largest absolute Gasteiger partial charge is 0.497 e. The predicted molar refractivity (Wildman–Crippen MR) is 133 cm³/mol. The molecule has 6 heteroatoms. The van der Waals surface area contributed by atoms with Gasteiger partial charge in [-0.15, -0.1) is 0 Å². The van der Waals surface area contributed by atoms with Gasteiger partial charge in [-0.25, -0.2) is 0 Å². The number of ether oxygens (including phenoxy) is 2. The van der Waals surface area contributed by atoms with Crippen LogP contribution in [0.25, 0.3) is 0 Å². The molecule has 0 aliphatic carbocycles. The van der Waals surface area contributed by atoms with Gasteiger partial charge in [-0.3, -0.25) is 9.59 Å². The highest BCUT2D eigenvalue weighted by molar-refractivity contribution is 6.00. The number of anilines is 2. The molecule has 0 radical (unpaired) electrons. The van der Waals surface area contributed by atoms with Gasteiger partial charge in [0.25, 0.3) is 0 Å². The van der Waals surface area contributed by atoms with E-state index in [1.54, 1.807) is 19.1 Å². The Kier molecular flexibility index (Phi) is 7.16. The number of aryl methyl sites for hydroxylation is 1. The average Bonchev–Trinajstić information content (AvgIpc) is 2.89. The van der Waals surface area contributed by atoms with Crippen LogP contribution in [-0.2, 0) is 16.0 Å². The first-order valence-corrected chi connectivity index (χ1v) is 11.5. The molecule has 1 aliphatic heterocycles. The molecule has 3 aromatic rings. The second kappa shape index (κ2) is 10.4. The van der Waals surface area contributed by atoms with E-state index in [1.165, 1.54) is 5.56 Å². The Morgan fingerprint density at radius 2 is 1.50 bits per heavy atom. The second-order valence-electron chi connectivity index (χ2n) is 8.36. The second-order valence-corrected chi connectivity index (χ2v) is 8.36. The van der Waals surface area contributed by atoms with Crippen LogP contribution in [0.3, 0.4) is 0 Å². The molecule has 1 aliphatic rings. The van der Waals surface area contributed by atoms with Crippen LogP contribution in [0.4, 0.5) is 11.4 Å². The van der Waals surface area contributed by atoms with E-state index >= 15 is 0 Å². The number of benzene rings is 3. The molecule has 4 rings (SSSR count). The molecule has 1 N–H and O–H groups in total. The SMILES string of the molecule is CCc1ccc(NC(=O)[C@H]2CCC(=O)N(c3ccc(OC)cc3)[C@H]2c2ccc(OC)cc2)cc1. The van der Waals surface area contributed by atoms with Gasteiger partial charge in [-0.05, 0) is 72.5 Å². The number of carbonyl (C=O) groups is 2. The minimum Gasteiger partial charge on any atom is -0.497 e. The van der Waals surface area contributed by atoms with Gasteiger partial charge in [0, 0.05) is 17.8 Å². The van der Waals surface area contributed by atoms with Crippen molar-refractivity contribution < 1.29 is 19.1 Å². The first-order chi connectivity index (χ1) is 16.5. The monoisotopic (exact) mass is 458 g/mol. The minimum atomic E-state index is -0.449. The molecule has 1 heterocycles. The molecule has 2 atom stereocenters. The number of rotatable bonds is 7. The van der Waals surface area contributed by atoms with E-state index < -0.39 is 12.0 Å². The molecular weight excluding hydrogens is 428 g/mol. The molecule has 1 fully saturated rings. The molecule has 0 saturated carbocycles. The zero-order valence-electron chi connectivity index (χ0n) is 19.8. The summed E-state index contributed by atoms with van der Waals surface area (Å²) in [6.07, 6.45) is 1.71. The Hall–Kier alpha value is -3.80. The first kappa shape index (κ1) is 23.4. The number of nitrogens with one attached hydrogen (secondary N) is 1. The van der Waals surface area contributed by atoms with Crippen LogP contribution in [0, 0.1) is 5.92 Å². The fourth-order valence-corrected chi connectivity index (χ4v) is 4.46. The summed E-state index contributed by atoms with van der Waals surface area (Å²) in [5.74, 6) is 0.899. The summed E-state index contributed by atoms with van der Waals surface area (Å²) in [4.78, 5) is 28.5. The smallest absolute Gasteiger partial charge is 0.229 e.